The summed E-state index contributed by atoms with van der Waals surface area (Å²) in [6.45, 7) is 1.85. The lowest BCUT2D eigenvalue weighted by atomic mass is 9.99. The number of alkyl halides is 1. The van der Waals surface area contributed by atoms with Crippen LogP contribution in [-0.2, 0) is 4.79 Å². The first-order chi connectivity index (χ1) is 12.9. The first-order valence-corrected chi connectivity index (χ1v) is 9.03. The van der Waals surface area contributed by atoms with Gasteiger partial charge in [0.15, 0.2) is 0 Å². The van der Waals surface area contributed by atoms with Gasteiger partial charge in [0.2, 0.25) is 5.91 Å². The quantitative estimate of drug-likeness (QED) is 0.453. The zero-order valence-corrected chi connectivity index (χ0v) is 15.9. The van der Waals surface area contributed by atoms with Crippen LogP contribution in [0.4, 0.5) is 20.2 Å². The van der Waals surface area contributed by atoms with Gasteiger partial charge in [-0.2, -0.15) is 0 Å². The van der Waals surface area contributed by atoms with Crippen molar-refractivity contribution < 1.29 is 13.6 Å². The number of carbonyl (C=O) groups excluding carboxylic acids is 1. The number of nitrogens with zero attached hydrogens (tertiary/aromatic N) is 1. The molecule has 0 saturated carbocycles. The number of hydrogen-bond donors (Lipinski definition) is 0. The minimum absolute atomic E-state index is 0.0496. The van der Waals surface area contributed by atoms with Crippen molar-refractivity contribution in [3.8, 4) is 11.1 Å². The molecule has 0 atom stereocenters. The van der Waals surface area contributed by atoms with Crippen LogP contribution in [-0.4, -0.2) is 11.8 Å². The summed E-state index contributed by atoms with van der Waals surface area (Å²) in [6, 6.07) is 15.4. The number of amides is 1. The number of aryl methyl sites for hydroxylation is 1. The molecule has 3 aromatic rings. The first kappa shape index (κ1) is 19.3. The lowest BCUT2D eigenvalue weighted by molar-refractivity contribution is -0.115. The van der Waals surface area contributed by atoms with Gasteiger partial charge in [0.05, 0.1) is 10.7 Å². The van der Waals surface area contributed by atoms with Gasteiger partial charge >= 0.3 is 0 Å². The Labute approximate surface area is 165 Å². The Morgan fingerprint density at radius 3 is 2.33 bits per heavy atom. The number of benzene rings is 3. The molecule has 3 rings (SSSR count). The molecule has 0 aromatic heterocycles. The monoisotopic (exact) mass is 405 g/mol. The highest BCUT2D eigenvalue weighted by molar-refractivity contribution is 6.36. The van der Waals surface area contributed by atoms with Crippen LogP contribution in [0.5, 0.6) is 0 Å². The minimum Gasteiger partial charge on any atom is -0.275 e. The molecule has 3 aromatic carbocycles. The average Bonchev–Trinajstić information content (AvgIpc) is 2.65. The number of rotatable bonds is 4. The minimum atomic E-state index is -0.680. The van der Waals surface area contributed by atoms with Crippen molar-refractivity contribution in [1.29, 1.82) is 0 Å². The van der Waals surface area contributed by atoms with Crippen molar-refractivity contribution >= 4 is 40.5 Å². The van der Waals surface area contributed by atoms with Crippen molar-refractivity contribution in [2.45, 2.75) is 6.92 Å². The molecule has 0 radical (unpaired) electrons. The molecule has 0 heterocycles. The van der Waals surface area contributed by atoms with Gasteiger partial charge in [-0.05, 0) is 37.3 Å². The zero-order valence-electron chi connectivity index (χ0n) is 14.3. The second-order valence-corrected chi connectivity index (χ2v) is 6.61. The van der Waals surface area contributed by atoms with Crippen LogP contribution in [0.3, 0.4) is 0 Å². The maximum absolute atomic E-state index is 14.6. The molecule has 0 aliphatic carbocycles. The van der Waals surface area contributed by atoms with E-state index in [1.807, 2.05) is 6.92 Å². The molecule has 27 heavy (non-hydrogen) atoms. The van der Waals surface area contributed by atoms with E-state index in [9.17, 15) is 13.6 Å². The lowest BCUT2D eigenvalue weighted by Gasteiger charge is -2.26. The van der Waals surface area contributed by atoms with Crippen LogP contribution in [0.2, 0.25) is 5.02 Å². The van der Waals surface area contributed by atoms with E-state index in [1.54, 1.807) is 36.4 Å². The van der Waals surface area contributed by atoms with Gasteiger partial charge in [0, 0.05) is 11.1 Å². The summed E-state index contributed by atoms with van der Waals surface area (Å²) in [5, 5.41) is 0.0496. The van der Waals surface area contributed by atoms with Crippen molar-refractivity contribution in [2.75, 3.05) is 10.8 Å². The highest BCUT2D eigenvalue weighted by atomic mass is 35.5. The summed E-state index contributed by atoms with van der Waals surface area (Å²) >= 11 is 12.0. The Morgan fingerprint density at radius 2 is 1.67 bits per heavy atom. The van der Waals surface area contributed by atoms with E-state index in [2.05, 4.69) is 0 Å². The summed E-state index contributed by atoms with van der Waals surface area (Å²) < 4.78 is 29.0. The summed E-state index contributed by atoms with van der Waals surface area (Å²) in [5.41, 5.74) is 1.76. The van der Waals surface area contributed by atoms with Gasteiger partial charge < -0.3 is 0 Å². The number of para-hydroxylation sites is 1. The molecule has 1 amide bonds. The Bertz CT molecular complexity index is 987. The van der Waals surface area contributed by atoms with Gasteiger partial charge in [-0.3, -0.25) is 9.69 Å². The SMILES string of the molecule is Cc1ccc(N(C(=O)CCl)c2c(F)cccc2Cl)c(-c2ccccc2F)c1. The molecule has 0 N–H and O–H groups in total. The second kappa shape index (κ2) is 8.07. The van der Waals surface area contributed by atoms with Crippen molar-refractivity contribution in [3.05, 3.63) is 82.9 Å². The third-order valence-electron chi connectivity index (χ3n) is 4.08. The number of anilines is 2. The first-order valence-electron chi connectivity index (χ1n) is 8.12. The largest absolute Gasteiger partial charge is 0.275 e. The smallest absolute Gasteiger partial charge is 0.246 e. The molecule has 0 aliphatic heterocycles. The van der Waals surface area contributed by atoms with Crippen LogP contribution in [0.15, 0.2) is 60.7 Å². The fourth-order valence-corrected chi connectivity index (χ4v) is 3.25. The van der Waals surface area contributed by atoms with E-state index in [0.717, 1.165) is 10.5 Å². The number of halogens is 4. The molecule has 138 valence electrons. The molecule has 6 heteroatoms. The van der Waals surface area contributed by atoms with E-state index in [0.29, 0.717) is 11.3 Å². The Kier molecular flexibility index (Phi) is 5.78. The highest BCUT2D eigenvalue weighted by Gasteiger charge is 2.26. The van der Waals surface area contributed by atoms with E-state index < -0.39 is 23.4 Å². The summed E-state index contributed by atoms with van der Waals surface area (Å²) in [6.07, 6.45) is 0. The van der Waals surface area contributed by atoms with Gasteiger partial charge in [-0.25, -0.2) is 8.78 Å². The molecule has 2 nitrogen and oxygen atoms in total. The fraction of sp³-hybridized carbons (Fsp3) is 0.0952. The third kappa shape index (κ3) is 3.82. The van der Waals surface area contributed by atoms with Crippen LogP contribution in [0.25, 0.3) is 11.1 Å². The van der Waals surface area contributed by atoms with Gasteiger partial charge in [-0.15, -0.1) is 11.6 Å². The van der Waals surface area contributed by atoms with E-state index in [1.165, 1.54) is 24.3 Å². The van der Waals surface area contributed by atoms with E-state index >= 15 is 0 Å². The molecule has 0 unspecified atom stereocenters. The topological polar surface area (TPSA) is 20.3 Å². The van der Waals surface area contributed by atoms with Crippen molar-refractivity contribution in [1.82, 2.24) is 0 Å². The third-order valence-corrected chi connectivity index (χ3v) is 4.62. The van der Waals surface area contributed by atoms with Crippen molar-refractivity contribution in [3.63, 3.8) is 0 Å². The van der Waals surface area contributed by atoms with Crippen LogP contribution in [0.1, 0.15) is 5.56 Å². The molecule has 0 spiro atoms. The fourth-order valence-electron chi connectivity index (χ4n) is 2.88. The summed E-state index contributed by atoms with van der Waals surface area (Å²) in [7, 11) is 0. The summed E-state index contributed by atoms with van der Waals surface area (Å²) in [5.74, 6) is -2.11. The standard InChI is InChI=1S/C21H15Cl2F2NO/c1-13-9-10-19(15(11-13)14-5-2-3-7-17(14)24)26(20(27)12-22)21-16(23)6-4-8-18(21)25/h2-11H,12H2,1H3. The van der Waals surface area contributed by atoms with Gasteiger partial charge in [-0.1, -0.05) is 47.5 Å². The normalized spacial score (nSPS) is 10.7. The second-order valence-electron chi connectivity index (χ2n) is 5.93. The molecule has 0 saturated heterocycles. The van der Waals surface area contributed by atoms with Crippen LogP contribution < -0.4 is 4.90 Å². The molecule has 0 bridgehead atoms. The summed E-state index contributed by atoms with van der Waals surface area (Å²) in [4.78, 5) is 13.7. The Balaban J connectivity index is 2.32. The van der Waals surface area contributed by atoms with Gasteiger partial charge in [0.1, 0.15) is 23.2 Å². The van der Waals surface area contributed by atoms with Crippen LogP contribution in [0, 0.1) is 18.6 Å². The van der Waals surface area contributed by atoms with E-state index in [4.69, 9.17) is 23.2 Å². The number of hydrogen-bond acceptors (Lipinski definition) is 1. The number of carbonyl (C=O) groups is 1. The molecular formula is C21H15Cl2F2NO. The predicted molar refractivity (Wildman–Crippen MR) is 106 cm³/mol. The highest BCUT2D eigenvalue weighted by Crippen LogP contribution is 2.40. The average molecular weight is 406 g/mol. The maximum Gasteiger partial charge on any atom is 0.246 e. The van der Waals surface area contributed by atoms with Crippen molar-refractivity contribution in [2.24, 2.45) is 0 Å². The molecular weight excluding hydrogens is 391 g/mol. The Morgan fingerprint density at radius 1 is 0.963 bits per heavy atom. The lowest BCUT2D eigenvalue weighted by Crippen LogP contribution is -2.28. The van der Waals surface area contributed by atoms with E-state index in [-0.39, 0.29) is 16.3 Å². The predicted octanol–water partition coefficient (Wildman–Crippen LogP) is 6.50. The van der Waals surface area contributed by atoms with Gasteiger partial charge in [0.25, 0.3) is 0 Å². The Hall–Kier alpha value is -2.43. The molecule has 0 aliphatic rings. The molecule has 0 fully saturated rings. The van der Waals surface area contributed by atoms with Crippen LogP contribution >= 0.6 is 23.2 Å². The maximum atomic E-state index is 14.6. The zero-order chi connectivity index (χ0) is 19.6.